The van der Waals surface area contributed by atoms with Crippen molar-refractivity contribution in [1.82, 2.24) is 20.2 Å². The van der Waals surface area contributed by atoms with Gasteiger partial charge >= 0.3 is 0 Å². The number of methoxy groups -OCH3 is 1. The average Bonchev–Trinajstić information content (AvgIpc) is 3.34. The zero-order valence-corrected chi connectivity index (χ0v) is 18.1. The van der Waals surface area contributed by atoms with Gasteiger partial charge in [0.2, 0.25) is 0 Å². The molecule has 2 atom stereocenters. The standard InChI is InChI=1S/C23H25FN4O2S/c1-30-18-8-7-16(19(24)13-18)14-28-11-4-5-17(15-28)21(23-26-10-12-31-23)27-22(29)20-6-2-3-9-25-20/h2-3,6-10,12-13,17,21H,4-5,11,14-15H2,1H3,(H,27,29). The lowest BCUT2D eigenvalue weighted by Crippen LogP contribution is -2.43. The van der Waals surface area contributed by atoms with Crippen molar-refractivity contribution in [2.75, 3.05) is 20.2 Å². The number of likely N-dealkylation sites (tertiary alicyclic amines) is 1. The normalized spacial score (nSPS) is 17.8. The van der Waals surface area contributed by atoms with Crippen molar-refractivity contribution < 1.29 is 13.9 Å². The first-order valence-corrected chi connectivity index (χ1v) is 11.2. The molecule has 1 fully saturated rings. The molecule has 2 unspecified atom stereocenters. The zero-order chi connectivity index (χ0) is 21.6. The van der Waals surface area contributed by atoms with Crippen LogP contribution in [0, 0.1) is 11.7 Å². The molecule has 0 radical (unpaired) electrons. The summed E-state index contributed by atoms with van der Waals surface area (Å²) in [6.07, 6.45) is 5.31. The van der Waals surface area contributed by atoms with Crippen molar-refractivity contribution in [3.63, 3.8) is 0 Å². The van der Waals surface area contributed by atoms with Gasteiger partial charge < -0.3 is 10.1 Å². The van der Waals surface area contributed by atoms with Crippen LogP contribution in [-0.4, -0.2) is 41.0 Å². The third-order valence-electron chi connectivity index (χ3n) is 5.57. The van der Waals surface area contributed by atoms with Crippen molar-refractivity contribution in [3.05, 3.63) is 76.3 Å². The van der Waals surface area contributed by atoms with Gasteiger partial charge in [-0.2, -0.15) is 0 Å². The van der Waals surface area contributed by atoms with Gasteiger partial charge in [-0.15, -0.1) is 11.3 Å². The molecule has 4 rings (SSSR count). The maximum absolute atomic E-state index is 14.5. The Morgan fingerprint density at radius 3 is 2.94 bits per heavy atom. The molecule has 6 nitrogen and oxygen atoms in total. The Morgan fingerprint density at radius 2 is 2.23 bits per heavy atom. The fraction of sp³-hybridized carbons (Fsp3) is 0.348. The quantitative estimate of drug-likeness (QED) is 0.600. The molecule has 0 aliphatic carbocycles. The highest BCUT2D eigenvalue weighted by molar-refractivity contribution is 7.09. The molecule has 1 N–H and O–H groups in total. The minimum atomic E-state index is -0.263. The predicted octanol–water partition coefficient (Wildman–Crippen LogP) is 4.07. The van der Waals surface area contributed by atoms with Gasteiger partial charge in [0.15, 0.2) is 0 Å². The van der Waals surface area contributed by atoms with E-state index < -0.39 is 0 Å². The Morgan fingerprint density at radius 1 is 1.32 bits per heavy atom. The van der Waals surface area contributed by atoms with Crippen LogP contribution in [0.5, 0.6) is 5.75 Å². The first kappa shape index (κ1) is 21.4. The number of carbonyl (C=O) groups excluding carboxylic acids is 1. The Bertz CT molecular complexity index is 1000. The van der Waals surface area contributed by atoms with E-state index in [0.29, 0.717) is 23.6 Å². The van der Waals surface area contributed by atoms with E-state index >= 15 is 0 Å². The van der Waals surface area contributed by atoms with Crippen LogP contribution < -0.4 is 10.1 Å². The number of nitrogens with one attached hydrogen (secondary N) is 1. The summed E-state index contributed by atoms with van der Waals surface area (Å²) in [4.78, 5) is 23.7. The second-order valence-electron chi connectivity index (χ2n) is 7.63. The maximum atomic E-state index is 14.5. The number of halogens is 1. The van der Waals surface area contributed by atoms with Crippen LogP contribution in [0.15, 0.2) is 54.2 Å². The summed E-state index contributed by atoms with van der Waals surface area (Å²) in [5, 5.41) is 5.95. The van der Waals surface area contributed by atoms with Gasteiger partial charge in [0.05, 0.1) is 13.2 Å². The fourth-order valence-corrected chi connectivity index (χ4v) is 4.79. The number of hydrogen-bond donors (Lipinski definition) is 1. The van der Waals surface area contributed by atoms with Crippen molar-refractivity contribution in [2.45, 2.75) is 25.4 Å². The minimum Gasteiger partial charge on any atom is -0.497 e. The average molecular weight is 441 g/mol. The third-order valence-corrected chi connectivity index (χ3v) is 6.43. The summed E-state index contributed by atoms with van der Waals surface area (Å²) in [7, 11) is 1.53. The number of aromatic nitrogens is 2. The second kappa shape index (κ2) is 9.98. The predicted molar refractivity (Wildman–Crippen MR) is 118 cm³/mol. The molecule has 1 saturated heterocycles. The van der Waals surface area contributed by atoms with E-state index in [9.17, 15) is 9.18 Å². The fourth-order valence-electron chi connectivity index (χ4n) is 4.01. The molecule has 1 amide bonds. The molecule has 0 spiro atoms. The number of rotatable bonds is 7. The number of carbonyl (C=O) groups is 1. The molecular weight excluding hydrogens is 415 g/mol. The van der Waals surface area contributed by atoms with Gasteiger partial charge in [0, 0.05) is 42.5 Å². The molecule has 3 aromatic rings. The van der Waals surface area contributed by atoms with Gasteiger partial charge in [0.25, 0.3) is 5.91 Å². The number of piperidine rings is 1. The van der Waals surface area contributed by atoms with Crippen molar-refractivity contribution >= 4 is 17.2 Å². The summed E-state index contributed by atoms with van der Waals surface area (Å²) in [6.45, 7) is 2.16. The number of thiazole rings is 1. The van der Waals surface area contributed by atoms with Gasteiger partial charge in [-0.25, -0.2) is 9.37 Å². The molecule has 1 aliphatic heterocycles. The van der Waals surface area contributed by atoms with E-state index in [0.717, 1.165) is 30.9 Å². The molecule has 162 valence electrons. The van der Waals surface area contributed by atoms with Crippen LogP contribution >= 0.6 is 11.3 Å². The van der Waals surface area contributed by atoms with E-state index in [1.165, 1.54) is 24.5 Å². The smallest absolute Gasteiger partial charge is 0.270 e. The molecule has 2 aromatic heterocycles. The first-order chi connectivity index (χ1) is 15.1. The summed E-state index contributed by atoms with van der Waals surface area (Å²) in [5.74, 6) is 0.216. The second-order valence-corrected chi connectivity index (χ2v) is 8.56. The number of pyridine rings is 1. The van der Waals surface area contributed by atoms with Crippen LogP contribution in [-0.2, 0) is 6.54 Å². The number of amides is 1. The van der Waals surface area contributed by atoms with E-state index in [1.807, 2.05) is 5.38 Å². The lowest BCUT2D eigenvalue weighted by Gasteiger charge is -2.36. The van der Waals surface area contributed by atoms with Gasteiger partial charge in [-0.3, -0.25) is 14.7 Å². The number of ether oxygens (including phenoxy) is 1. The van der Waals surface area contributed by atoms with Crippen molar-refractivity contribution in [3.8, 4) is 5.75 Å². The highest BCUT2D eigenvalue weighted by Gasteiger charge is 2.31. The highest BCUT2D eigenvalue weighted by Crippen LogP contribution is 2.32. The summed E-state index contributed by atoms with van der Waals surface area (Å²) in [6, 6.07) is 10.1. The van der Waals surface area contributed by atoms with Crippen LogP contribution in [0.1, 0.15) is 39.9 Å². The Balaban J connectivity index is 1.49. The Labute approximate surface area is 185 Å². The van der Waals surface area contributed by atoms with E-state index in [4.69, 9.17) is 4.74 Å². The van der Waals surface area contributed by atoms with Crippen LogP contribution in [0.25, 0.3) is 0 Å². The summed E-state index contributed by atoms with van der Waals surface area (Å²) in [5.41, 5.74) is 1.03. The van der Waals surface area contributed by atoms with Gasteiger partial charge in [-0.05, 0) is 43.5 Å². The van der Waals surface area contributed by atoms with E-state index in [2.05, 4.69) is 20.2 Å². The monoisotopic (exact) mass is 440 g/mol. The molecule has 3 heterocycles. The first-order valence-electron chi connectivity index (χ1n) is 10.3. The van der Waals surface area contributed by atoms with E-state index in [1.54, 1.807) is 42.7 Å². The summed E-state index contributed by atoms with van der Waals surface area (Å²) >= 11 is 1.53. The lowest BCUT2D eigenvalue weighted by atomic mass is 9.90. The largest absolute Gasteiger partial charge is 0.497 e. The van der Waals surface area contributed by atoms with Crippen LogP contribution in [0.3, 0.4) is 0 Å². The minimum absolute atomic E-state index is 0.175. The molecule has 0 saturated carbocycles. The molecule has 1 aliphatic rings. The van der Waals surface area contributed by atoms with Gasteiger partial charge in [0.1, 0.15) is 22.3 Å². The molecular formula is C23H25FN4O2S. The van der Waals surface area contributed by atoms with E-state index in [-0.39, 0.29) is 23.7 Å². The molecule has 8 heteroatoms. The molecule has 1 aromatic carbocycles. The van der Waals surface area contributed by atoms with Gasteiger partial charge in [-0.1, -0.05) is 12.1 Å². The highest BCUT2D eigenvalue weighted by atomic mass is 32.1. The number of nitrogens with zero attached hydrogens (tertiary/aromatic N) is 3. The van der Waals surface area contributed by atoms with Crippen LogP contribution in [0.2, 0.25) is 0 Å². The van der Waals surface area contributed by atoms with Crippen molar-refractivity contribution in [1.29, 1.82) is 0 Å². The topological polar surface area (TPSA) is 67.3 Å². The zero-order valence-electron chi connectivity index (χ0n) is 17.3. The van der Waals surface area contributed by atoms with Crippen LogP contribution in [0.4, 0.5) is 4.39 Å². The molecule has 31 heavy (non-hydrogen) atoms. The summed E-state index contributed by atoms with van der Waals surface area (Å²) < 4.78 is 19.6. The Kier molecular flexibility index (Phi) is 6.89. The molecule has 0 bridgehead atoms. The Hall–Kier alpha value is -2.84. The number of hydrogen-bond acceptors (Lipinski definition) is 6. The SMILES string of the molecule is COc1ccc(CN2CCCC(C(NC(=O)c3ccccn3)c3nccs3)C2)c(F)c1. The lowest BCUT2D eigenvalue weighted by molar-refractivity contribution is 0.0872. The van der Waals surface area contributed by atoms with Crippen molar-refractivity contribution in [2.24, 2.45) is 5.92 Å². The maximum Gasteiger partial charge on any atom is 0.270 e. The third kappa shape index (κ3) is 5.26. The number of benzene rings is 1.